The summed E-state index contributed by atoms with van der Waals surface area (Å²) in [5.74, 6) is 0.0496. The molecule has 128 valence electrons. The standard InChI is InChI=1S/C19H19N3O2S/c23-18(17-5-4-12-24-17)20-15-8-6-14(7-9-15)16-13-25-19(21-16)22-10-2-1-3-11-22/h4-9,12-13H,1-3,10-11H2,(H,20,23). The van der Waals surface area contributed by atoms with Crippen LogP contribution < -0.4 is 10.2 Å². The third kappa shape index (κ3) is 3.58. The van der Waals surface area contributed by atoms with Crippen molar-refractivity contribution < 1.29 is 9.21 Å². The number of anilines is 2. The van der Waals surface area contributed by atoms with Crippen LogP contribution in [-0.2, 0) is 0 Å². The number of nitrogens with one attached hydrogen (secondary N) is 1. The molecule has 0 saturated carbocycles. The van der Waals surface area contributed by atoms with E-state index in [4.69, 9.17) is 9.40 Å². The van der Waals surface area contributed by atoms with Crippen molar-refractivity contribution >= 4 is 28.1 Å². The van der Waals surface area contributed by atoms with E-state index in [0.717, 1.165) is 35.2 Å². The predicted molar refractivity (Wildman–Crippen MR) is 100 cm³/mol. The third-order valence-electron chi connectivity index (χ3n) is 4.30. The largest absolute Gasteiger partial charge is 0.459 e. The number of piperidine rings is 1. The molecule has 1 aromatic carbocycles. The molecule has 1 saturated heterocycles. The zero-order chi connectivity index (χ0) is 17.1. The summed E-state index contributed by atoms with van der Waals surface area (Å²) in [5.41, 5.74) is 2.77. The molecule has 1 aliphatic rings. The highest BCUT2D eigenvalue weighted by Gasteiger charge is 2.15. The number of hydrogen-bond acceptors (Lipinski definition) is 5. The zero-order valence-electron chi connectivity index (χ0n) is 13.8. The van der Waals surface area contributed by atoms with Crippen molar-refractivity contribution in [3.8, 4) is 11.3 Å². The van der Waals surface area contributed by atoms with Crippen LogP contribution in [0, 0.1) is 0 Å². The van der Waals surface area contributed by atoms with Gasteiger partial charge in [0, 0.05) is 29.7 Å². The lowest BCUT2D eigenvalue weighted by Crippen LogP contribution is -2.29. The fraction of sp³-hybridized carbons (Fsp3) is 0.263. The summed E-state index contributed by atoms with van der Waals surface area (Å²) >= 11 is 1.70. The summed E-state index contributed by atoms with van der Waals surface area (Å²) < 4.78 is 5.10. The summed E-state index contributed by atoms with van der Waals surface area (Å²) in [5, 5.41) is 6.02. The van der Waals surface area contributed by atoms with Gasteiger partial charge in [-0.2, -0.15) is 0 Å². The summed E-state index contributed by atoms with van der Waals surface area (Å²) in [7, 11) is 0. The first-order valence-corrected chi connectivity index (χ1v) is 9.33. The van der Waals surface area contributed by atoms with Crippen molar-refractivity contribution in [2.45, 2.75) is 19.3 Å². The predicted octanol–water partition coefficient (Wildman–Crippen LogP) is 4.65. The minimum atomic E-state index is -0.251. The van der Waals surface area contributed by atoms with Gasteiger partial charge in [-0.15, -0.1) is 11.3 Å². The Morgan fingerprint density at radius 3 is 2.64 bits per heavy atom. The van der Waals surface area contributed by atoms with Gasteiger partial charge in [0.25, 0.3) is 5.91 Å². The minimum Gasteiger partial charge on any atom is -0.459 e. The van der Waals surface area contributed by atoms with E-state index >= 15 is 0 Å². The monoisotopic (exact) mass is 353 g/mol. The van der Waals surface area contributed by atoms with Crippen LogP contribution in [0.3, 0.4) is 0 Å². The molecule has 1 fully saturated rings. The first-order chi connectivity index (χ1) is 12.3. The van der Waals surface area contributed by atoms with Crippen LogP contribution in [0.4, 0.5) is 10.8 Å². The molecule has 0 unspecified atom stereocenters. The molecular weight excluding hydrogens is 334 g/mol. The van der Waals surface area contributed by atoms with Crippen molar-refractivity contribution in [2.75, 3.05) is 23.3 Å². The van der Waals surface area contributed by atoms with Gasteiger partial charge in [-0.3, -0.25) is 4.79 Å². The van der Waals surface area contributed by atoms with Crippen LogP contribution in [0.25, 0.3) is 11.3 Å². The number of furan rings is 1. The Morgan fingerprint density at radius 1 is 1.12 bits per heavy atom. The van der Waals surface area contributed by atoms with Crippen molar-refractivity contribution in [2.24, 2.45) is 0 Å². The lowest BCUT2D eigenvalue weighted by Gasteiger charge is -2.25. The van der Waals surface area contributed by atoms with Gasteiger partial charge < -0.3 is 14.6 Å². The molecule has 3 aromatic rings. The van der Waals surface area contributed by atoms with Crippen LogP contribution in [0.2, 0.25) is 0 Å². The molecular formula is C19H19N3O2S. The molecule has 3 heterocycles. The molecule has 0 spiro atoms. The molecule has 0 aliphatic carbocycles. The molecule has 0 radical (unpaired) electrons. The smallest absolute Gasteiger partial charge is 0.291 e. The highest BCUT2D eigenvalue weighted by atomic mass is 32.1. The average molecular weight is 353 g/mol. The lowest BCUT2D eigenvalue weighted by atomic mass is 10.1. The molecule has 25 heavy (non-hydrogen) atoms. The number of aromatic nitrogens is 1. The molecule has 2 aromatic heterocycles. The number of hydrogen-bond donors (Lipinski definition) is 1. The van der Waals surface area contributed by atoms with Crippen LogP contribution in [-0.4, -0.2) is 24.0 Å². The van der Waals surface area contributed by atoms with Crippen molar-refractivity contribution in [3.63, 3.8) is 0 Å². The van der Waals surface area contributed by atoms with E-state index in [1.54, 1.807) is 23.5 Å². The summed E-state index contributed by atoms with van der Waals surface area (Å²) in [4.78, 5) is 19.1. The molecule has 1 amide bonds. The lowest BCUT2D eigenvalue weighted by molar-refractivity contribution is 0.0996. The van der Waals surface area contributed by atoms with Gasteiger partial charge in [0.2, 0.25) is 0 Å². The van der Waals surface area contributed by atoms with E-state index in [1.807, 2.05) is 24.3 Å². The summed E-state index contributed by atoms with van der Waals surface area (Å²) in [6, 6.07) is 11.1. The molecule has 6 heteroatoms. The van der Waals surface area contributed by atoms with Gasteiger partial charge in [0.1, 0.15) is 0 Å². The first-order valence-electron chi connectivity index (χ1n) is 8.45. The van der Waals surface area contributed by atoms with Crippen LogP contribution in [0.5, 0.6) is 0 Å². The van der Waals surface area contributed by atoms with E-state index in [0.29, 0.717) is 5.76 Å². The highest BCUT2D eigenvalue weighted by molar-refractivity contribution is 7.14. The Balaban J connectivity index is 1.45. The van der Waals surface area contributed by atoms with Crippen LogP contribution in [0.15, 0.2) is 52.5 Å². The molecule has 1 aliphatic heterocycles. The SMILES string of the molecule is O=C(Nc1ccc(-c2csc(N3CCCCC3)n2)cc1)c1ccco1. The van der Waals surface area contributed by atoms with E-state index in [9.17, 15) is 4.79 Å². The molecule has 0 bridgehead atoms. The van der Waals surface area contributed by atoms with E-state index in [1.165, 1.54) is 25.5 Å². The quantitative estimate of drug-likeness (QED) is 0.742. The van der Waals surface area contributed by atoms with Gasteiger partial charge in [-0.25, -0.2) is 4.98 Å². The Labute approximate surface area is 150 Å². The molecule has 1 N–H and O–H groups in total. The van der Waals surface area contributed by atoms with Crippen molar-refractivity contribution in [3.05, 3.63) is 53.8 Å². The maximum atomic E-state index is 12.0. The van der Waals surface area contributed by atoms with Gasteiger partial charge in [0.15, 0.2) is 10.9 Å². The van der Waals surface area contributed by atoms with Gasteiger partial charge >= 0.3 is 0 Å². The van der Waals surface area contributed by atoms with E-state index < -0.39 is 0 Å². The maximum absolute atomic E-state index is 12.0. The number of carbonyl (C=O) groups is 1. The van der Waals surface area contributed by atoms with Crippen molar-refractivity contribution in [1.82, 2.24) is 4.98 Å². The second-order valence-corrected chi connectivity index (χ2v) is 6.91. The second-order valence-electron chi connectivity index (χ2n) is 6.07. The zero-order valence-corrected chi connectivity index (χ0v) is 14.6. The fourth-order valence-electron chi connectivity index (χ4n) is 2.95. The Kier molecular flexibility index (Phi) is 4.52. The van der Waals surface area contributed by atoms with Gasteiger partial charge in [-0.05, 0) is 43.5 Å². The average Bonchev–Trinajstić information content (AvgIpc) is 3.35. The number of amides is 1. The normalized spacial score (nSPS) is 14.5. The number of rotatable bonds is 4. The number of benzene rings is 1. The first kappa shape index (κ1) is 15.9. The van der Waals surface area contributed by atoms with Gasteiger partial charge in [0.05, 0.1) is 12.0 Å². The van der Waals surface area contributed by atoms with E-state index in [2.05, 4.69) is 15.6 Å². The van der Waals surface area contributed by atoms with Crippen LogP contribution >= 0.6 is 11.3 Å². The number of nitrogens with zero attached hydrogens (tertiary/aromatic N) is 2. The summed E-state index contributed by atoms with van der Waals surface area (Å²) in [6.07, 6.45) is 5.30. The molecule has 5 nitrogen and oxygen atoms in total. The number of thiazole rings is 1. The highest BCUT2D eigenvalue weighted by Crippen LogP contribution is 2.29. The Hall–Kier alpha value is -2.60. The maximum Gasteiger partial charge on any atom is 0.291 e. The Morgan fingerprint density at radius 2 is 1.92 bits per heavy atom. The van der Waals surface area contributed by atoms with Gasteiger partial charge in [-0.1, -0.05) is 12.1 Å². The van der Waals surface area contributed by atoms with Crippen LogP contribution in [0.1, 0.15) is 29.8 Å². The Bertz CT molecular complexity index is 834. The third-order valence-corrected chi connectivity index (χ3v) is 5.20. The van der Waals surface area contributed by atoms with Crippen molar-refractivity contribution in [1.29, 1.82) is 0 Å². The molecule has 4 rings (SSSR count). The fourth-order valence-corrected chi connectivity index (χ4v) is 3.84. The minimum absolute atomic E-state index is 0.251. The summed E-state index contributed by atoms with van der Waals surface area (Å²) in [6.45, 7) is 2.20. The van der Waals surface area contributed by atoms with E-state index in [-0.39, 0.29) is 5.91 Å². The molecule has 0 atom stereocenters. The topological polar surface area (TPSA) is 58.4 Å². The second kappa shape index (κ2) is 7.11. The number of carbonyl (C=O) groups excluding carboxylic acids is 1.